The van der Waals surface area contributed by atoms with Crippen LogP contribution in [0.4, 0.5) is 26.3 Å². The van der Waals surface area contributed by atoms with E-state index in [1.54, 1.807) is 0 Å². The zero-order chi connectivity index (χ0) is 13.6. The van der Waals surface area contributed by atoms with E-state index in [0.717, 1.165) is 12.1 Å². The van der Waals surface area contributed by atoms with Crippen LogP contribution in [0.5, 0.6) is 0 Å². The highest BCUT2D eigenvalue weighted by Gasteiger charge is 2.43. The van der Waals surface area contributed by atoms with Gasteiger partial charge in [0.2, 0.25) is 0 Å². The van der Waals surface area contributed by atoms with Crippen LogP contribution in [0.3, 0.4) is 0 Å². The maximum absolute atomic E-state index is 12.7. The Bertz CT molecular complexity index is 448. The van der Waals surface area contributed by atoms with Crippen LogP contribution in [-0.2, 0) is 12.6 Å². The Morgan fingerprint density at radius 2 is 1.72 bits per heavy atom. The summed E-state index contributed by atoms with van der Waals surface area (Å²) in [6.07, 6.45) is -8.88. The summed E-state index contributed by atoms with van der Waals surface area (Å²) in [6, 6.07) is 0.505. The molecule has 0 amide bonds. The van der Waals surface area contributed by atoms with E-state index in [-0.39, 0.29) is 24.1 Å². The minimum Gasteiger partial charge on any atom is -0.302 e. The first-order valence-electron chi connectivity index (χ1n) is 5.20. The smallest absolute Gasteiger partial charge is 0.302 e. The normalized spacial score (nSPS) is 20.7. The van der Waals surface area contributed by atoms with Crippen molar-refractivity contribution in [1.29, 1.82) is 0 Å². The average molecular weight is 269 g/mol. The van der Waals surface area contributed by atoms with Gasteiger partial charge < -0.3 is 5.32 Å². The van der Waals surface area contributed by atoms with Crippen LogP contribution in [0.15, 0.2) is 18.2 Å². The molecule has 0 fully saturated rings. The molecule has 1 aromatic carbocycles. The maximum atomic E-state index is 12.7. The highest BCUT2D eigenvalue weighted by Crippen LogP contribution is 2.38. The fourth-order valence-corrected chi connectivity index (χ4v) is 2.03. The molecule has 0 aromatic heterocycles. The highest BCUT2D eigenvalue weighted by atomic mass is 19.4. The van der Waals surface area contributed by atoms with Crippen molar-refractivity contribution in [3.05, 3.63) is 34.9 Å². The number of nitrogens with one attached hydrogen (secondary N) is 1. The molecule has 0 saturated heterocycles. The molecule has 0 saturated carbocycles. The van der Waals surface area contributed by atoms with Gasteiger partial charge in [-0.05, 0) is 29.7 Å². The van der Waals surface area contributed by atoms with E-state index in [9.17, 15) is 26.3 Å². The summed E-state index contributed by atoms with van der Waals surface area (Å²) in [7, 11) is 0. The number of hydrogen-bond acceptors (Lipinski definition) is 1. The first kappa shape index (κ1) is 13.2. The fraction of sp³-hybridized carbons (Fsp3) is 0.455. The second-order valence-electron chi connectivity index (χ2n) is 4.09. The van der Waals surface area contributed by atoms with Gasteiger partial charge in [0.05, 0.1) is 5.56 Å². The van der Waals surface area contributed by atoms with E-state index in [1.165, 1.54) is 0 Å². The van der Waals surface area contributed by atoms with Gasteiger partial charge in [0.1, 0.15) is 6.04 Å². The van der Waals surface area contributed by atoms with E-state index in [2.05, 4.69) is 5.32 Å². The van der Waals surface area contributed by atoms with Gasteiger partial charge in [-0.2, -0.15) is 26.3 Å². The average Bonchev–Trinajstić information content (AvgIpc) is 2.25. The Labute approximate surface area is 98.8 Å². The lowest BCUT2D eigenvalue weighted by molar-refractivity contribution is -0.158. The van der Waals surface area contributed by atoms with Gasteiger partial charge in [-0.25, -0.2) is 0 Å². The summed E-state index contributed by atoms with van der Waals surface area (Å²) in [4.78, 5) is 0. The van der Waals surface area contributed by atoms with Gasteiger partial charge >= 0.3 is 12.4 Å². The van der Waals surface area contributed by atoms with Crippen molar-refractivity contribution in [2.24, 2.45) is 0 Å². The van der Waals surface area contributed by atoms with Crippen molar-refractivity contribution < 1.29 is 26.3 Å². The molecule has 0 radical (unpaired) electrons. The second-order valence-corrected chi connectivity index (χ2v) is 4.09. The Balaban J connectivity index is 2.43. The molecule has 1 atom stereocenters. The van der Waals surface area contributed by atoms with Gasteiger partial charge in [-0.1, -0.05) is 6.07 Å². The summed E-state index contributed by atoms with van der Waals surface area (Å²) >= 11 is 0. The molecular weight excluding hydrogens is 260 g/mol. The Kier molecular flexibility index (Phi) is 3.04. The summed E-state index contributed by atoms with van der Waals surface area (Å²) in [5, 5.41) is 2.27. The molecule has 0 aliphatic carbocycles. The van der Waals surface area contributed by atoms with E-state index in [4.69, 9.17) is 0 Å². The lowest BCUT2D eigenvalue weighted by Gasteiger charge is -2.29. The quantitative estimate of drug-likeness (QED) is 0.711. The molecule has 7 heteroatoms. The van der Waals surface area contributed by atoms with Crippen molar-refractivity contribution in [2.45, 2.75) is 24.8 Å². The topological polar surface area (TPSA) is 12.0 Å². The largest absolute Gasteiger partial charge is 0.416 e. The predicted octanol–water partition coefficient (Wildman–Crippen LogP) is 3.45. The third-order valence-corrected chi connectivity index (χ3v) is 2.85. The van der Waals surface area contributed by atoms with Crippen molar-refractivity contribution >= 4 is 0 Å². The SMILES string of the molecule is FC(F)(F)c1ccc2c(c1)CCNC2C(F)(F)F. The number of benzene rings is 1. The van der Waals surface area contributed by atoms with Gasteiger partial charge in [0, 0.05) is 6.54 Å². The van der Waals surface area contributed by atoms with Gasteiger partial charge in [0.15, 0.2) is 0 Å². The van der Waals surface area contributed by atoms with Gasteiger partial charge in [-0.3, -0.25) is 0 Å². The van der Waals surface area contributed by atoms with Crippen molar-refractivity contribution in [1.82, 2.24) is 5.32 Å². The minimum absolute atomic E-state index is 0.0124. The molecule has 0 bridgehead atoms. The van der Waals surface area contributed by atoms with Crippen molar-refractivity contribution in [3.63, 3.8) is 0 Å². The molecule has 100 valence electrons. The Morgan fingerprint density at radius 3 is 2.28 bits per heavy atom. The number of rotatable bonds is 0. The van der Waals surface area contributed by atoms with Crippen molar-refractivity contribution in [3.8, 4) is 0 Å². The Hall–Kier alpha value is -1.24. The van der Waals surface area contributed by atoms with Crippen LogP contribution in [0.2, 0.25) is 0 Å². The number of halogens is 6. The molecule has 0 spiro atoms. The highest BCUT2D eigenvalue weighted by molar-refractivity contribution is 5.38. The molecule has 1 aromatic rings. The summed E-state index contributed by atoms with van der Waals surface area (Å²) in [5.41, 5.74) is -0.934. The van der Waals surface area contributed by atoms with Gasteiger partial charge in [-0.15, -0.1) is 0 Å². The van der Waals surface area contributed by atoms with Crippen LogP contribution in [0.25, 0.3) is 0 Å². The second kappa shape index (κ2) is 4.15. The molecule has 1 nitrogen and oxygen atoms in total. The monoisotopic (exact) mass is 269 g/mol. The first-order chi connectivity index (χ1) is 8.19. The van der Waals surface area contributed by atoms with Crippen LogP contribution in [0, 0.1) is 0 Å². The number of fused-ring (bicyclic) bond motifs is 1. The van der Waals surface area contributed by atoms with E-state index in [1.807, 2.05) is 0 Å². The number of hydrogen-bond donors (Lipinski definition) is 1. The molecule has 1 heterocycles. The zero-order valence-electron chi connectivity index (χ0n) is 8.99. The van der Waals surface area contributed by atoms with E-state index < -0.39 is 24.0 Å². The molecule has 18 heavy (non-hydrogen) atoms. The maximum Gasteiger partial charge on any atom is 0.416 e. The number of alkyl halides is 6. The zero-order valence-corrected chi connectivity index (χ0v) is 8.99. The lowest BCUT2D eigenvalue weighted by Crippen LogP contribution is -2.39. The van der Waals surface area contributed by atoms with E-state index in [0.29, 0.717) is 6.07 Å². The Morgan fingerprint density at radius 1 is 1.06 bits per heavy atom. The summed E-state index contributed by atoms with van der Waals surface area (Å²) < 4.78 is 75.4. The standard InChI is InChI=1S/C11H9F6N/c12-10(13,14)7-1-2-8-6(5-7)3-4-18-9(8)11(15,16)17/h1-2,5,9,18H,3-4H2. The fourth-order valence-electron chi connectivity index (χ4n) is 2.03. The lowest BCUT2D eigenvalue weighted by atomic mass is 9.92. The summed E-state index contributed by atoms with van der Waals surface area (Å²) in [5.74, 6) is 0. The third-order valence-electron chi connectivity index (χ3n) is 2.85. The minimum atomic E-state index is -4.53. The van der Waals surface area contributed by atoms with Crippen LogP contribution in [0.1, 0.15) is 22.7 Å². The molecule has 1 unspecified atom stereocenters. The molecule has 2 rings (SSSR count). The molecular formula is C11H9F6N. The van der Waals surface area contributed by atoms with Crippen LogP contribution >= 0.6 is 0 Å². The molecule has 1 N–H and O–H groups in total. The predicted molar refractivity (Wildman–Crippen MR) is 51.9 cm³/mol. The first-order valence-corrected chi connectivity index (χ1v) is 5.20. The summed E-state index contributed by atoms with van der Waals surface area (Å²) in [6.45, 7) is 0.0124. The third kappa shape index (κ3) is 2.45. The van der Waals surface area contributed by atoms with Crippen molar-refractivity contribution in [2.75, 3.05) is 6.54 Å². The van der Waals surface area contributed by atoms with Crippen LogP contribution < -0.4 is 5.32 Å². The van der Waals surface area contributed by atoms with Crippen LogP contribution in [-0.4, -0.2) is 12.7 Å². The molecule has 1 aliphatic rings. The molecule has 1 aliphatic heterocycles. The van der Waals surface area contributed by atoms with E-state index >= 15 is 0 Å². The van der Waals surface area contributed by atoms with Gasteiger partial charge in [0.25, 0.3) is 0 Å².